The lowest BCUT2D eigenvalue weighted by Crippen LogP contribution is -2.40. The van der Waals surface area contributed by atoms with Gasteiger partial charge in [0.2, 0.25) is 0 Å². The lowest BCUT2D eigenvalue weighted by Gasteiger charge is -2.51. The first-order chi connectivity index (χ1) is 8.92. The summed E-state index contributed by atoms with van der Waals surface area (Å²) in [6.07, 6.45) is 22.9. The Morgan fingerprint density at radius 2 is 1.17 bits per heavy atom. The number of rotatable bonds is 2. The van der Waals surface area contributed by atoms with Crippen LogP contribution < -0.4 is 0 Å². The van der Waals surface area contributed by atoms with E-state index in [0.717, 1.165) is 11.3 Å². The second-order valence-corrected chi connectivity index (χ2v) is 7.22. The summed E-state index contributed by atoms with van der Waals surface area (Å²) < 4.78 is 0. The van der Waals surface area contributed by atoms with Gasteiger partial charge in [0, 0.05) is 0 Å². The van der Waals surface area contributed by atoms with Gasteiger partial charge in [-0.25, -0.2) is 0 Å². The topological polar surface area (TPSA) is 0 Å². The largest absolute Gasteiger partial charge is 0.0533 e. The number of hydrogen-bond acceptors (Lipinski definition) is 0. The van der Waals surface area contributed by atoms with Crippen molar-refractivity contribution in [1.29, 1.82) is 0 Å². The first-order valence-electron chi connectivity index (χ1n) is 8.77. The first-order valence-corrected chi connectivity index (χ1v) is 8.77. The van der Waals surface area contributed by atoms with Crippen LogP contribution in [0.4, 0.5) is 0 Å². The number of hydrogen-bond donors (Lipinski definition) is 0. The summed E-state index contributed by atoms with van der Waals surface area (Å²) in [7, 11) is 0. The zero-order valence-corrected chi connectivity index (χ0v) is 12.2. The normalized spacial score (nSPS) is 31.3. The molecule has 0 aromatic rings. The smallest absolute Gasteiger partial charge is 0.0176 e. The van der Waals surface area contributed by atoms with Gasteiger partial charge in [-0.2, -0.15) is 0 Å². The minimum atomic E-state index is 0.735. The van der Waals surface area contributed by atoms with Crippen LogP contribution in [-0.4, -0.2) is 0 Å². The molecule has 18 heavy (non-hydrogen) atoms. The molecule has 3 saturated carbocycles. The van der Waals surface area contributed by atoms with Crippen LogP contribution in [0.25, 0.3) is 0 Å². The van der Waals surface area contributed by atoms with Crippen molar-refractivity contribution in [2.24, 2.45) is 11.3 Å². The Hall–Kier alpha value is 0. The van der Waals surface area contributed by atoms with Crippen molar-refractivity contribution >= 4 is 0 Å². The summed E-state index contributed by atoms with van der Waals surface area (Å²) in [6.45, 7) is 0. The molecule has 0 nitrogen and oxygen atoms in total. The Balaban J connectivity index is 1.77. The highest BCUT2D eigenvalue weighted by Gasteiger charge is 2.45. The van der Waals surface area contributed by atoms with Crippen LogP contribution in [-0.2, 0) is 0 Å². The average Bonchev–Trinajstić information content (AvgIpc) is 2.50. The van der Waals surface area contributed by atoms with Crippen LogP contribution in [0.2, 0.25) is 0 Å². The van der Waals surface area contributed by atoms with Crippen LogP contribution in [0.3, 0.4) is 0 Å². The fourth-order valence-electron chi connectivity index (χ4n) is 5.36. The Morgan fingerprint density at radius 3 is 1.83 bits per heavy atom. The summed E-state index contributed by atoms with van der Waals surface area (Å²) in [6, 6.07) is 0. The van der Waals surface area contributed by atoms with Crippen molar-refractivity contribution in [2.45, 2.75) is 96.3 Å². The highest BCUT2D eigenvalue weighted by Crippen LogP contribution is 2.57. The summed E-state index contributed by atoms with van der Waals surface area (Å²) >= 11 is 0. The van der Waals surface area contributed by atoms with E-state index in [4.69, 9.17) is 0 Å². The fourth-order valence-corrected chi connectivity index (χ4v) is 5.36. The Morgan fingerprint density at radius 1 is 0.611 bits per heavy atom. The van der Waals surface area contributed by atoms with Crippen molar-refractivity contribution in [1.82, 2.24) is 0 Å². The predicted octanol–water partition coefficient (Wildman–Crippen LogP) is 6.06. The Labute approximate surface area is 114 Å². The van der Waals surface area contributed by atoms with E-state index in [0.29, 0.717) is 0 Å². The molecule has 0 spiro atoms. The van der Waals surface area contributed by atoms with Crippen LogP contribution >= 0.6 is 0 Å². The fraction of sp³-hybridized carbons (Fsp3) is 0.944. The van der Waals surface area contributed by atoms with Crippen molar-refractivity contribution in [3.63, 3.8) is 0 Å². The van der Waals surface area contributed by atoms with Gasteiger partial charge in [0.1, 0.15) is 0 Å². The van der Waals surface area contributed by atoms with Gasteiger partial charge in [0.05, 0.1) is 0 Å². The maximum Gasteiger partial charge on any atom is -0.0176 e. The molecule has 0 amide bonds. The summed E-state index contributed by atoms with van der Waals surface area (Å²) in [5, 5.41) is 0. The summed E-state index contributed by atoms with van der Waals surface area (Å²) in [4.78, 5) is 0. The van der Waals surface area contributed by atoms with Crippen molar-refractivity contribution in [3.8, 4) is 0 Å². The quantitative estimate of drug-likeness (QED) is 0.556. The van der Waals surface area contributed by atoms with Crippen LogP contribution in [0, 0.1) is 17.3 Å². The van der Waals surface area contributed by atoms with Gasteiger partial charge in [-0.1, -0.05) is 57.8 Å². The van der Waals surface area contributed by atoms with Crippen LogP contribution in [0.15, 0.2) is 0 Å². The van der Waals surface area contributed by atoms with Crippen molar-refractivity contribution in [2.75, 3.05) is 0 Å². The molecule has 0 atom stereocenters. The molecule has 3 aliphatic carbocycles. The van der Waals surface area contributed by atoms with E-state index in [-0.39, 0.29) is 0 Å². The third kappa shape index (κ3) is 2.49. The van der Waals surface area contributed by atoms with E-state index in [1.54, 1.807) is 25.7 Å². The molecule has 0 aromatic heterocycles. The lowest BCUT2D eigenvalue weighted by molar-refractivity contribution is 0.0664. The second-order valence-electron chi connectivity index (χ2n) is 7.22. The van der Waals surface area contributed by atoms with E-state index in [2.05, 4.69) is 0 Å². The third-order valence-corrected chi connectivity index (χ3v) is 6.29. The molecule has 3 fully saturated rings. The second kappa shape index (κ2) is 5.97. The maximum atomic E-state index is 2.04. The monoisotopic (exact) mass is 247 g/mol. The Bertz CT molecular complexity index is 217. The van der Waals surface area contributed by atoms with Crippen LogP contribution in [0.5, 0.6) is 0 Å². The molecular weight excluding hydrogens is 216 g/mol. The lowest BCUT2D eigenvalue weighted by atomic mass is 9.53. The Kier molecular flexibility index (Phi) is 4.31. The zero-order valence-electron chi connectivity index (χ0n) is 12.2. The van der Waals surface area contributed by atoms with E-state index in [1.807, 2.05) is 5.92 Å². The van der Waals surface area contributed by atoms with Gasteiger partial charge in [0.15, 0.2) is 0 Å². The maximum absolute atomic E-state index is 2.04. The van der Waals surface area contributed by atoms with Gasteiger partial charge in [0.25, 0.3) is 0 Å². The molecule has 0 bridgehead atoms. The molecule has 3 rings (SSSR count). The molecule has 0 heterocycles. The average molecular weight is 247 g/mol. The third-order valence-electron chi connectivity index (χ3n) is 6.29. The minimum Gasteiger partial charge on any atom is -0.0533 e. The molecule has 3 aliphatic rings. The van der Waals surface area contributed by atoms with Gasteiger partial charge in [-0.3, -0.25) is 0 Å². The SMILES string of the molecule is C1CC[C](C2(C3CCCCC3)CCCCC2)CC1. The first kappa shape index (κ1) is 13.0. The minimum absolute atomic E-state index is 0.735. The molecule has 0 heteroatoms. The highest BCUT2D eigenvalue weighted by molar-refractivity contribution is 5.12. The van der Waals surface area contributed by atoms with Gasteiger partial charge < -0.3 is 0 Å². The molecule has 0 unspecified atom stereocenters. The highest BCUT2D eigenvalue weighted by atomic mass is 14.5. The molecule has 0 saturated heterocycles. The molecule has 0 aliphatic heterocycles. The molecule has 103 valence electrons. The van der Waals surface area contributed by atoms with E-state index >= 15 is 0 Å². The van der Waals surface area contributed by atoms with Crippen LogP contribution in [0.1, 0.15) is 96.3 Å². The van der Waals surface area contributed by atoms with Gasteiger partial charge in [-0.15, -0.1) is 0 Å². The van der Waals surface area contributed by atoms with Crippen molar-refractivity contribution < 1.29 is 0 Å². The predicted molar refractivity (Wildman–Crippen MR) is 78.4 cm³/mol. The van der Waals surface area contributed by atoms with Gasteiger partial charge >= 0.3 is 0 Å². The molecule has 0 aromatic carbocycles. The zero-order chi connectivity index (χ0) is 12.3. The molecule has 0 N–H and O–H groups in total. The molecule has 1 radical (unpaired) electrons. The summed E-state index contributed by atoms with van der Waals surface area (Å²) in [5.41, 5.74) is 0.735. The molecular formula is C18H31. The van der Waals surface area contributed by atoms with Crippen molar-refractivity contribution in [3.05, 3.63) is 5.92 Å². The van der Waals surface area contributed by atoms with E-state index in [9.17, 15) is 0 Å². The standard InChI is InChI=1S/C18H31/c1-4-10-16(11-5-1)18(14-8-3-9-15-18)17-12-6-2-7-13-17/h16H,1-15H2. The van der Waals surface area contributed by atoms with E-state index < -0.39 is 0 Å². The van der Waals surface area contributed by atoms with Gasteiger partial charge in [-0.05, 0) is 55.8 Å². The summed E-state index contributed by atoms with van der Waals surface area (Å²) in [5.74, 6) is 3.12. The van der Waals surface area contributed by atoms with E-state index in [1.165, 1.54) is 70.6 Å².